The van der Waals surface area contributed by atoms with E-state index in [1.807, 2.05) is 0 Å². The van der Waals surface area contributed by atoms with E-state index in [4.69, 9.17) is 4.74 Å². The zero-order chi connectivity index (χ0) is 14.0. The summed E-state index contributed by atoms with van der Waals surface area (Å²) >= 11 is 3.17. The van der Waals surface area contributed by atoms with Gasteiger partial charge in [0.25, 0.3) is 5.91 Å². The predicted molar refractivity (Wildman–Crippen MR) is 70.7 cm³/mol. The third-order valence-corrected chi connectivity index (χ3v) is 3.84. The number of nitrogens with zero attached hydrogens (tertiary/aromatic N) is 1. The van der Waals surface area contributed by atoms with Crippen molar-refractivity contribution in [3.8, 4) is 5.75 Å². The van der Waals surface area contributed by atoms with Crippen LogP contribution in [0.1, 0.15) is 23.2 Å². The topological polar surface area (TPSA) is 29.5 Å². The quantitative estimate of drug-likeness (QED) is 0.831. The van der Waals surface area contributed by atoms with Crippen molar-refractivity contribution < 1.29 is 18.3 Å². The molecule has 0 spiro atoms. The molecule has 3 nitrogen and oxygen atoms in total. The van der Waals surface area contributed by atoms with E-state index in [1.54, 1.807) is 4.90 Å². The Kier molecular flexibility index (Phi) is 4.39. The second kappa shape index (κ2) is 5.86. The maximum Gasteiger partial charge on any atom is 0.255 e. The summed E-state index contributed by atoms with van der Waals surface area (Å²) in [6.45, 7) is 0.762. The van der Waals surface area contributed by atoms with E-state index in [9.17, 15) is 13.6 Å². The van der Waals surface area contributed by atoms with Gasteiger partial charge in [-0.15, -0.1) is 0 Å². The summed E-state index contributed by atoms with van der Waals surface area (Å²) in [6, 6.07) is 2.57. The van der Waals surface area contributed by atoms with Gasteiger partial charge in [-0.1, -0.05) is 0 Å². The molecule has 0 unspecified atom stereocenters. The number of hydrogen-bond acceptors (Lipinski definition) is 2. The molecule has 104 valence electrons. The van der Waals surface area contributed by atoms with Crippen molar-refractivity contribution >= 4 is 21.8 Å². The SMILES string of the molecule is COc1cc(C(=O)N2CCC(F)CC2)c(Br)cc1F. The molecular weight excluding hydrogens is 320 g/mol. The summed E-state index contributed by atoms with van der Waals surface area (Å²) in [4.78, 5) is 13.9. The molecule has 0 bridgehead atoms. The summed E-state index contributed by atoms with van der Waals surface area (Å²) < 4.78 is 31.8. The van der Waals surface area contributed by atoms with E-state index >= 15 is 0 Å². The predicted octanol–water partition coefficient (Wildman–Crippen LogP) is 3.17. The average Bonchev–Trinajstić information content (AvgIpc) is 2.39. The van der Waals surface area contributed by atoms with Gasteiger partial charge in [0, 0.05) is 17.6 Å². The zero-order valence-electron chi connectivity index (χ0n) is 10.5. The number of piperidine rings is 1. The minimum absolute atomic E-state index is 0.0203. The van der Waals surface area contributed by atoms with E-state index in [-0.39, 0.29) is 11.7 Å². The average molecular weight is 334 g/mol. The number of rotatable bonds is 2. The minimum atomic E-state index is -0.838. The number of carbonyl (C=O) groups excluding carboxylic acids is 1. The Balaban J connectivity index is 2.23. The number of alkyl halides is 1. The van der Waals surface area contributed by atoms with Crippen LogP contribution in [0.15, 0.2) is 16.6 Å². The highest BCUT2D eigenvalue weighted by Gasteiger charge is 2.25. The Labute approximate surface area is 118 Å². The van der Waals surface area contributed by atoms with Crippen molar-refractivity contribution in [3.05, 3.63) is 28.0 Å². The van der Waals surface area contributed by atoms with Gasteiger partial charge >= 0.3 is 0 Å². The summed E-state index contributed by atoms with van der Waals surface area (Å²) in [6.07, 6.45) is -0.140. The molecule has 0 saturated carbocycles. The third kappa shape index (κ3) is 3.05. The maximum atomic E-state index is 13.5. The van der Waals surface area contributed by atoms with Crippen LogP contribution in [-0.4, -0.2) is 37.2 Å². The van der Waals surface area contributed by atoms with Crippen LogP contribution in [0.25, 0.3) is 0 Å². The Bertz CT molecular complexity index is 488. The summed E-state index contributed by atoms with van der Waals surface area (Å²) in [5.74, 6) is -0.752. The van der Waals surface area contributed by atoms with Gasteiger partial charge in [-0.3, -0.25) is 4.79 Å². The second-order valence-electron chi connectivity index (χ2n) is 4.43. The van der Waals surface area contributed by atoms with Gasteiger partial charge in [-0.2, -0.15) is 0 Å². The van der Waals surface area contributed by atoms with E-state index < -0.39 is 12.0 Å². The number of ether oxygens (including phenoxy) is 1. The Morgan fingerprint density at radius 1 is 1.42 bits per heavy atom. The van der Waals surface area contributed by atoms with Crippen LogP contribution < -0.4 is 4.74 Å². The molecule has 0 radical (unpaired) electrons. The molecule has 2 rings (SSSR count). The number of likely N-dealkylation sites (tertiary alicyclic amines) is 1. The lowest BCUT2D eigenvalue weighted by Gasteiger charge is -2.29. The van der Waals surface area contributed by atoms with E-state index in [1.165, 1.54) is 19.2 Å². The van der Waals surface area contributed by atoms with Crippen LogP contribution >= 0.6 is 15.9 Å². The van der Waals surface area contributed by atoms with Crippen LogP contribution in [0.2, 0.25) is 0 Å². The number of methoxy groups -OCH3 is 1. The molecule has 0 aliphatic carbocycles. The number of benzene rings is 1. The summed E-state index contributed by atoms with van der Waals surface area (Å²) in [7, 11) is 1.34. The minimum Gasteiger partial charge on any atom is -0.494 e. The molecule has 1 saturated heterocycles. The molecule has 1 aliphatic rings. The van der Waals surface area contributed by atoms with Crippen LogP contribution in [0.3, 0.4) is 0 Å². The van der Waals surface area contributed by atoms with Crippen molar-refractivity contribution in [2.24, 2.45) is 0 Å². The first kappa shape index (κ1) is 14.2. The highest BCUT2D eigenvalue weighted by atomic mass is 79.9. The van der Waals surface area contributed by atoms with Crippen molar-refractivity contribution in [1.29, 1.82) is 0 Å². The number of halogens is 3. The Hall–Kier alpha value is -1.17. The summed E-state index contributed by atoms with van der Waals surface area (Å²) in [5, 5.41) is 0. The molecule has 1 heterocycles. The normalized spacial score (nSPS) is 16.5. The van der Waals surface area contributed by atoms with Crippen molar-refractivity contribution in [2.75, 3.05) is 20.2 Å². The van der Waals surface area contributed by atoms with Gasteiger partial charge in [0.05, 0.1) is 12.7 Å². The lowest BCUT2D eigenvalue weighted by atomic mass is 10.1. The molecule has 0 N–H and O–H groups in total. The molecule has 6 heteroatoms. The second-order valence-corrected chi connectivity index (χ2v) is 5.29. The summed E-state index contributed by atoms with van der Waals surface area (Å²) in [5.41, 5.74) is 0.329. The molecule has 1 fully saturated rings. The zero-order valence-corrected chi connectivity index (χ0v) is 12.0. The van der Waals surface area contributed by atoms with Gasteiger partial charge in [-0.25, -0.2) is 8.78 Å². The van der Waals surface area contributed by atoms with Crippen LogP contribution in [0.4, 0.5) is 8.78 Å². The molecular formula is C13H14BrF2NO2. The highest BCUT2D eigenvalue weighted by molar-refractivity contribution is 9.10. The largest absolute Gasteiger partial charge is 0.494 e. The van der Waals surface area contributed by atoms with Gasteiger partial charge in [-0.05, 0) is 40.9 Å². The molecule has 1 aliphatic heterocycles. The Morgan fingerprint density at radius 3 is 2.63 bits per heavy atom. The van der Waals surface area contributed by atoms with Crippen molar-refractivity contribution in [3.63, 3.8) is 0 Å². The Morgan fingerprint density at radius 2 is 2.05 bits per heavy atom. The van der Waals surface area contributed by atoms with Gasteiger partial charge in [0.1, 0.15) is 6.17 Å². The van der Waals surface area contributed by atoms with Gasteiger partial charge < -0.3 is 9.64 Å². The van der Waals surface area contributed by atoms with Crippen LogP contribution in [-0.2, 0) is 0 Å². The highest BCUT2D eigenvalue weighted by Crippen LogP contribution is 2.28. The lowest BCUT2D eigenvalue weighted by molar-refractivity contribution is 0.0665. The smallest absolute Gasteiger partial charge is 0.255 e. The van der Waals surface area contributed by atoms with Crippen molar-refractivity contribution in [2.45, 2.75) is 19.0 Å². The fourth-order valence-corrected chi connectivity index (χ4v) is 2.56. The number of carbonyl (C=O) groups is 1. The number of amides is 1. The van der Waals surface area contributed by atoms with Crippen LogP contribution in [0, 0.1) is 5.82 Å². The molecule has 1 aromatic carbocycles. The van der Waals surface area contributed by atoms with Crippen LogP contribution in [0.5, 0.6) is 5.75 Å². The first-order valence-electron chi connectivity index (χ1n) is 5.99. The van der Waals surface area contributed by atoms with Gasteiger partial charge in [0.15, 0.2) is 11.6 Å². The standard InChI is InChI=1S/C13H14BrF2NO2/c1-19-12-6-9(10(14)7-11(12)16)13(18)17-4-2-8(15)3-5-17/h6-8H,2-5H2,1H3. The fraction of sp³-hybridized carbons (Fsp3) is 0.462. The molecule has 19 heavy (non-hydrogen) atoms. The van der Waals surface area contributed by atoms with E-state index in [2.05, 4.69) is 15.9 Å². The first-order valence-corrected chi connectivity index (χ1v) is 6.78. The number of hydrogen-bond donors (Lipinski definition) is 0. The molecule has 0 atom stereocenters. The fourth-order valence-electron chi connectivity index (χ4n) is 2.07. The lowest BCUT2D eigenvalue weighted by Crippen LogP contribution is -2.39. The third-order valence-electron chi connectivity index (χ3n) is 3.18. The van der Waals surface area contributed by atoms with Crippen molar-refractivity contribution in [1.82, 2.24) is 4.90 Å². The first-order chi connectivity index (χ1) is 9.02. The molecule has 1 aromatic rings. The van der Waals surface area contributed by atoms with E-state index in [0.717, 1.165) is 0 Å². The monoisotopic (exact) mass is 333 g/mol. The van der Waals surface area contributed by atoms with E-state index in [0.29, 0.717) is 36.0 Å². The maximum absolute atomic E-state index is 13.5. The molecule has 1 amide bonds. The van der Waals surface area contributed by atoms with Gasteiger partial charge in [0.2, 0.25) is 0 Å². The molecule has 0 aromatic heterocycles.